The van der Waals surface area contributed by atoms with Crippen molar-refractivity contribution in [2.45, 2.75) is 17.8 Å². The number of benzene rings is 2. The highest BCUT2D eigenvalue weighted by atomic mass is 32.2. The molecule has 152 valence electrons. The molecular weight excluding hydrogens is 396 g/mol. The van der Waals surface area contributed by atoms with Crippen LogP contribution in [0.4, 0.5) is 0 Å². The molecule has 6 nitrogen and oxygen atoms in total. The molecular formula is C23H22N4O2S. The number of nitrogens with zero attached hydrogens (tertiary/aromatic N) is 4. The molecule has 0 saturated heterocycles. The highest BCUT2D eigenvalue weighted by molar-refractivity contribution is 7.98. The number of ether oxygens (including phenoxy) is 2. The lowest BCUT2D eigenvalue weighted by Gasteiger charge is -2.12. The highest BCUT2D eigenvalue weighted by Crippen LogP contribution is 2.31. The number of rotatable bonds is 8. The molecule has 2 aromatic carbocycles. The smallest absolute Gasteiger partial charge is 0.196 e. The fourth-order valence-electron chi connectivity index (χ4n) is 3.03. The zero-order chi connectivity index (χ0) is 20.8. The van der Waals surface area contributed by atoms with Gasteiger partial charge in [0.1, 0.15) is 11.5 Å². The minimum Gasteiger partial charge on any atom is -0.497 e. The van der Waals surface area contributed by atoms with Crippen LogP contribution in [0.2, 0.25) is 0 Å². The number of aromatic nitrogens is 4. The van der Waals surface area contributed by atoms with E-state index in [1.807, 2.05) is 67.7 Å². The highest BCUT2D eigenvalue weighted by Gasteiger charge is 2.17. The number of thioether (sulfide) groups is 1. The van der Waals surface area contributed by atoms with E-state index in [-0.39, 0.29) is 0 Å². The lowest BCUT2D eigenvalue weighted by Crippen LogP contribution is -2.00. The Kier molecular flexibility index (Phi) is 6.29. The fraction of sp³-hybridized carbons (Fsp3) is 0.174. The SMILES string of the molecule is CCOc1ccc(-n2c(SCc3cccnc3)nnc2-c2cccc(OC)c2)cc1. The first-order valence-electron chi connectivity index (χ1n) is 9.63. The molecule has 4 rings (SSSR count). The summed E-state index contributed by atoms with van der Waals surface area (Å²) in [5.74, 6) is 3.12. The third kappa shape index (κ3) is 4.46. The molecule has 7 heteroatoms. The van der Waals surface area contributed by atoms with Crippen molar-refractivity contribution in [3.05, 3.63) is 78.6 Å². The van der Waals surface area contributed by atoms with Crippen LogP contribution in [0.5, 0.6) is 11.5 Å². The van der Waals surface area contributed by atoms with Gasteiger partial charge in [0.05, 0.1) is 13.7 Å². The van der Waals surface area contributed by atoms with Gasteiger partial charge in [0.2, 0.25) is 0 Å². The summed E-state index contributed by atoms with van der Waals surface area (Å²) in [6.45, 7) is 2.61. The summed E-state index contributed by atoms with van der Waals surface area (Å²) in [4.78, 5) is 4.19. The molecule has 0 aliphatic heterocycles. The summed E-state index contributed by atoms with van der Waals surface area (Å²) in [6, 6.07) is 19.8. The van der Waals surface area contributed by atoms with Crippen LogP contribution in [-0.4, -0.2) is 33.5 Å². The van der Waals surface area contributed by atoms with E-state index in [1.54, 1.807) is 25.1 Å². The maximum absolute atomic E-state index is 5.59. The summed E-state index contributed by atoms with van der Waals surface area (Å²) in [5, 5.41) is 9.79. The maximum Gasteiger partial charge on any atom is 0.196 e. The molecule has 0 spiro atoms. The Labute approximate surface area is 179 Å². The molecule has 0 saturated carbocycles. The summed E-state index contributed by atoms with van der Waals surface area (Å²) < 4.78 is 13.0. The van der Waals surface area contributed by atoms with E-state index in [2.05, 4.69) is 25.8 Å². The molecule has 2 aromatic heterocycles. The summed E-state index contributed by atoms with van der Waals surface area (Å²) in [6.07, 6.45) is 3.64. The molecule has 0 aliphatic rings. The molecule has 0 atom stereocenters. The Bertz CT molecular complexity index is 1100. The molecule has 0 unspecified atom stereocenters. The number of hydrogen-bond donors (Lipinski definition) is 0. The van der Waals surface area contributed by atoms with Gasteiger partial charge in [-0.25, -0.2) is 0 Å². The largest absolute Gasteiger partial charge is 0.497 e. The van der Waals surface area contributed by atoms with E-state index < -0.39 is 0 Å². The van der Waals surface area contributed by atoms with Crippen LogP contribution in [-0.2, 0) is 5.75 Å². The quantitative estimate of drug-likeness (QED) is 0.374. The first kappa shape index (κ1) is 20.0. The molecule has 4 aromatic rings. The second-order valence-corrected chi connectivity index (χ2v) is 7.39. The van der Waals surface area contributed by atoms with Crippen LogP contribution < -0.4 is 9.47 Å². The standard InChI is InChI=1S/C23H22N4O2S/c1-3-29-20-11-9-19(10-12-20)27-22(18-7-4-8-21(14-18)28-2)25-26-23(27)30-16-17-6-5-13-24-15-17/h4-15H,3,16H2,1-2H3. The number of pyridine rings is 1. The van der Waals surface area contributed by atoms with Gasteiger partial charge < -0.3 is 9.47 Å². The molecule has 0 N–H and O–H groups in total. The van der Waals surface area contributed by atoms with Gasteiger partial charge in [-0.2, -0.15) is 0 Å². The van der Waals surface area contributed by atoms with Gasteiger partial charge in [0.15, 0.2) is 11.0 Å². The Balaban J connectivity index is 1.73. The lowest BCUT2D eigenvalue weighted by atomic mass is 10.2. The van der Waals surface area contributed by atoms with Crippen molar-refractivity contribution in [3.63, 3.8) is 0 Å². The Morgan fingerprint density at radius 3 is 2.57 bits per heavy atom. The molecule has 30 heavy (non-hydrogen) atoms. The third-order valence-corrected chi connectivity index (χ3v) is 5.46. The van der Waals surface area contributed by atoms with Gasteiger partial charge in [-0.3, -0.25) is 9.55 Å². The monoisotopic (exact) mass is 418 g/mol. The number of methoxy groups -OCH3 is 1. The molecule has 0 radical (unpaired) electrons. The Morgan fingerprint density at radius 2 is 1.83 bits per heavy atom. The Hall–Kier alpha value is -3.32. The molecule has 0 amide bonds. The van der Waals surface area contributed by atoms with E-state index in [1.165, 1.54) is 0 Å². The molecule has 0 bridgehead atoms. The van der Waals surface area contributed by atoms with Crippen molar-refractivity contribution >= 4 is 11.8 Å². The van der Waals surface area contributed by atoms with Crippen LogP contribution >= 0.6 is 11.8 Å². The van der Waals surface area contributed by atoms with Gasteiger partial charge >= 0.3 is 0 Å². The van der Waals surface area contributed by atoms with Crippen LogP contribution in [0, 0.1) is 0 Å². The first-order chi connectivity index (χ1) is 14.8. The van der Waals surface area contributed by atoms with E-state index in [9.17, 15) is 0 Å². The number of hydrogen-bond acceptors (Lipinski definition) is 6. The van der Waals surface area contributed by atoms with Crippen LogP contribution in [0.15, 0.2) is 78.2 Å². The second kappa shape index (κ2) is 9.45. The van der Waals surface area contributed by atoms with Crippen molar-refractivity contribution < 1.29 is 9.47 Å². The van der Waals surface area contributed by atoms with E-state index in [0.717, 1.165) is 45.0 Å². The van der Waals surface area contributed by atoms with E-state index >= 15 is 0 Å². The van der Waals surface area contributed by atoms with Gasteiger partial charge in [-0.15, -0.1) is 10.2 Å². The van der Waals surface area contributed by atoms with E-state index in [4.69, 9.17) is 9.47 Å². The second-order valence-electron chi connectivity index (χ2n) is 6.45. The summed E-state index contributed by atoms with van der Waals surface area (Å²) in [5.41, 5.74) is 3.03. The fourth-order valence-corrected chi connectivity index (χ4v) is 3.92. The normalized spacial score (nSPS) is 10.7. The van der Waals surface area contributed by atoms with Crippen molar-refractivity contribution in [1.29, 1.82) is 0 Å². The van der Waals surface area contributed by atoms with Gasteiger partial charge in [0.25, 0.3) is 0 Å². The van der Waals surface area contributed by atoms with Crippen LogP contribution in [0.1, 0.15) is 12.5 Å². The summed E-state index contributed by atoms with van der Waals surface area (Å²) >= 11 is 1.62. The minimum absolute atomic E-state index is 0.632. The van der Waals surface area contributed by atoms with Crippen molar-refractivity contribution in [3.8, 4) is 28.6 Å². The predicted octanol–water partition coefficient (Wildman–Crippen LogP) is 5.03. The first-order valence-corrected chi connectivity index (χ1v) is 10.6. The van der Waals surface area contributed by atoms with Crippen molar-refractivity contribution in [2.75, 3.05) is 13.7 Å². The van der Waals surface area contributed by atoms with Gasteiger partial charge in [0, 0.05) is 29.4 Å². The lowest BCUT2D eigenvalue weighted by molar-refractivity contribution is 0.340. The molecule has 0 aliphatic carbocycles. The maximum atomic E-state index is 5.59. The van der Waals surface area contributed by atoms with Crippen molar-refractivity contribution in [2.24, 2.45) is 0 Å². The average molecular weight is 419 g/mol. The molecule has 0 fully saturated rings. The summed E-state index contributed by atoms with van der Waals surface area (Å²) in [7, 11) is 1.66. The van der Waals surface area contributed by atoms with Crippen LogP contribution in [0.25, 0.3) is 17.1 Å². The minimum atomic E-state index is 0.632. The van der Waals surface area contributed by atoms with Gasteiger partial charge in [-0.05, 0) is 55.0 Å². The topological polar surface area (TPSA) is 62.1 Å². The average Bonchev–Trinajstić information content (AvgIpc) is 3.23. The zero-order valence-electron chi connectivity index (χ0n) is 16.9. The van der Waals surface area contributed by atoms with Crippen molar-refractivity contribution in [1.82, 2.24) is 19.7 Å². The van der Waals surface area contributed by atoms with Gasteiger partial charge in [-0.1, -0.05) is 30.0 Å². The Morgan fingerprint density at radius 1 is 0.967 bits per heavy atom. The predicted molar refractivity (Wildman–Crippen MR) is 118 cm³/mol. The zero-order valence-corrected chi connectivity index (χ0v) is 17.7. The third-order valence-electron chi connectivity index (χ3n) is 4.46. The molecule has 2 heterocycles. The van der Waals surface area contributed by atoms with Crippen LogP contribution in [0.3, 0.4) is 0 Å². The van der Waals surface area contributed by atoms with E-state index in [0.29, 0.717) is 6.61 Å².